The Bertz CT molecular complexity index is 529. The van der Waals surface area contributed by atoms with Crippen LogP contribution in [-0.4, -0.2) is 32.9 Å². The van der Waals surface area contributed by atoms with E-state index in [0.29, 0.717) is 24.4 Å². The van der Waals surface area contributed by atoms with E-state index in [-0.39, 0.29) is 11.4 Å². The third kappa shape index (κ3) is 3.71. The Morgan fingerprint density at radius 3 is 2.50 bits per heavy atom. The van der Waals surface area contributed by atoms with Gasteiger partial charge in [0.05, 0.1) is 12.0 Å². The molecular formula is C14H24N2O3S. The fraction of sp³-hybridized carbons (Fsp3) is 0.571. The van der Waals surface area contributed by atoms with Crippen LogP contribution in [0.15, 0.2) is 23.1 Å². The third-order valence-electron chi connectivity index (χ3n) is 3.22. The van der Waals surface area contributed by atoms with Crippen LogP contribution in [0.2, 0.25) is 0 Å². The Hall–Kier alpha value is -1.11. The maximum atomic E-state index is 12.6. The van der Waals surface area contributed by atoms with E-state index >= 15 is 0 Å². The minimum Gasteiger partial charge on any atom is -0.496 e. The van der Waals surface area contributed by atoms with Crippen molar-refractivity contribution in [1.29, 1.82) is 0 Å². The largest absolute Gasteiger partial charge is 0.496 e. The average molecular weight is 300 g/mol. The number of hydrogen-bond acceptors (Lipinski definition) is 4. The van der Waals surface area contributed by atoms with E-state index in [1.807, 2.05) is 13.8 Å². The standard InChI is InChI=1S/C14H24N2O3S/c1-4-6-9-16(5-2)20(17,18)13-7-8-14(19-3)12(10-13)11-15/h7-8,10H,4-6,9,11,15H2,1-3H3. The summed E-state index contributed by atoms with van der Waals surface area (Å²) in [5, 5.41) is 0. The van der Waals surface area contributed by atoms with Gasteiger partial charge in [0, 0.05) is 25.2 Å². The van der Waals surface area contributed by atoms with Crippen LogP contribution in [0.5, 0.6) is 5.75 Å². The molecule has 0 fully saturated rings. The van der Waals surface area contributed by atoms with Crippen molar-refractivity contribution in [2.24, 2.45) is 5.73 Å². The monoisotopic (exact) mass is 300 g/mol. The number of unbranched alkanes of at least 4 members (excludes halogenated alkanes) is 1. The van der Waals surface area contributed by atoms with Gasteiger partial charge in [-0.25, -0.2) is 8.42 Å². The number of nitrogens with two attached hydrogens (primary N) is 1. The van der Waals surface area contributed by atoms with E-state index in [0.717, 1.165) is 12.8 Å². The predicted molar refractivity (Wildman–Crippen MR) is 80.2 cm³/mol. The molecular weight excluding hydrogens is 276 g/mol. The molecule has 6 heteroatoms. The van der Waals surface area contributed by atoms with Crippen molar-refractivity contribution in [3.63, 3.8) is 0 Å². The summed E-state index contributed by atoms with van der Waals surface area (Å²) in [7, 11) is -1.91. The summed E-state index contributed by atoms with van der Waals surface area (Å²) in [5.74, 6) is 0.614. The molecule has 0 bridgehead atoms. The highest BCUT2D eigenvalue weighted by molar-refractivity contribution is 7.89. The van der Waals surface area contributed by atoms with Gasteiger partial charge < -0.3 is 10.5 Å². The van der Waals surface area contributed by atoms with Gasteiger partial charge in [-0.1, -0.05) is 20.3 Å². The lowest BCUT2D eigenvalue weighted by Gasteiger charge is -2.21. The molecule has 0 aliphatic carbocycles. The van der Waals surface area contributed by atoms with Crippen molar-refractivity contribution >= 4 is 10.0 Å². The van der Waals surface area contributed by atoms with Gasteiger partial charge in [-0.15, -0.1) is 0 Å². The second-order valence-electron chi connectivity index (χ2n) is 4.53. The van der Waals surface area contributed by atoms with Gasteiger partial charge in [0.2, 0.25) is 10.0 Å². The van der Waals surface area contributed by atoms with Crippen molar-refractivity contribution in [2.45, 2.75) is 38.1 Å². The lowest BCUT2D eigenvalue weighted by atomic mass is 10.2. The minimum atomic E-state index is -3.46. The molecule has 0 saturated carbocycles. The molecule has 5 nitrogen and oxygen atoms in total. The summed E-state index contributed by atoms with van der Waals surface area (Å²) >= 11 is 0. The zero-order valence-corrected chi connectivity index (χ0v) is 13.2. The van der Waals surface area contributed by atoms with E-state index in [2.05, 4.69) is 0 Å². The first-order valence-corrected chi connectivity index (χ1v) is 8.32. The van der Waals surface area contributed by atoms with Gasteiger partial charge >= 0.3 is 0 Å². The molecule has 0 unspecified atom stereocenters. The first-order chi connectivity index (χ1) is 9.51. The quantitative estimate of drug-likeness (QED) is 0.796. The lowest BCUT2D eigenvalue weighted by molar-refractivity contribution is 0.408. The highest BCUT2D eigenvalue weighted by atomic mass is 32.2. The lowest BCUT2D eigenvalue weighted by Crippen LogP contribution is -2.32. The molecule has 0 aliphatic rings. The van der Waals surface area contributed by atoms with Crippen LogP contribution in [0.3, 0.4) is 0 Å². The zero-order valence-electron chi connectivity index (χ0n) is 12.4. The van der Waals surface area contributed by atoms with E-state index in [1.54, 1.807) is 25.3 Å². The molecule has 0 amide bonds. The molecule has 0 atom stereocenters. The minimum absolute atomic E-state index is 0.244. The van der Waals surface area contributed by atoms with Crippen LogP contribution in [-0.2, 0) is 16.6 Å². The highest BCUT2D eigenvalue weighted by Gasteiger charge is 2.23. The molecule has 0 aliphatic heterocycles. The molecule has 1 aromatic carbocycles. The highest BCUT2D eigenvalue weighted by Crippen LogP contribution is 2.24. The second-order valence-corrected chi connectivity index (χ2v) is 6.47. The molecule has 0 spiro atoms. The Kier molecular flexibility index (Phi) is 6.45. The van der Waals surface area contributed by atoms with Gasteiger partial charge in [0.15, 0.2) is 0 Å². The molecule has 0 aromatic heterocycles. The molecule has 0 saturated heterocycles. The van der Waals surface area contributed by atoms with Crippen LogP contribution in [0, 0.1) is 0 Å². The number of methoxy groups -OCH3 is 1. The van der Waals surface area contributed by atoms with Crippen molar-refractivity contribution in [1.82, 2.24) is 4.31 Å². The van der Waals surface area contributed by atoms with Crippen molar-refractivity contribution in [3.05, 3.63) is 23.8 Å². The summed E-state index contributed by atoms with van der Waals surface area (Å²) in [5.41, 5.74) is 6.33. The number of sulfonamides is 1. The first kappa shape index (κ1) is 16.9. The second kappa shape index (κ2) is 7.61. The molecule has 20 heavy (non-hydrogen) atoms. The molecule has 2 N–H and O–H groups in total. The number of nitrogens with zero attached hydrogens (tertiary/aromatic N) is 1. The van der Waals surface area contributed by atoms with Gasteiger partial charge in [0.1, 0.15) is 5.75 Å². The van der Waals surface area contributed by atoms with Gasteiger partial charge in [-0.2, -0.15) is 4.31 Å². The van der Waals surface area contributed by atoms with Crippen LogP contribution in [0.1, 0.15) is 32.3 Å². The topological polar surface area (TPSA) is 72.6 Å². The number of hydrogen-bond donors (Lipinski definition) is 1. The van der Waals surface area contributed by atoms with Gasteiger partial charge in [-0.3, -0.25) is 0 Å². The first-order valence-electron chi connectivity index (χ1n) is 6.88. The molecule has 114 valence electrons. The van der Waals surface area contributed by atoms with Gasteiger partial charge in [-0.05, 0) is 24.6 Å². The molecule has 0 heterocycles. The van der Waals surface area contributed by atoms with Crippen molar-refractivity contribution in [2.75, 3.05) is 20.2 Å². The Morgan fingerprint density at radius 2 is 2.00 bits per heavy atom. The number of ether oxygens (including phenoxy) is 1. The average Bonchev–Trinajstić information content (AvgIpc) is 2.46. The van der Waals surface area contributed by atoms with Crippen LogP contribution in [0.4, 0.5) is 0 Å². The van der Waals surface area contributed by atoms with E-state index in [1.165, 1.54) is 4.31 Å². The van der Waals surface area contributed by atoms with E-state index in [9.17, 15) is 8.42 Å². The van der Waals surface area contributed by atoms with E-state index in [4.69, 9.17) is 10.5 Å². The Labute approximate surface area is 121 Å². The van der Waals surface area contributed by atoms with E-state index < -0.39 is 10.0 Å². The number of rotatable bonds is 8. The molecule has 0 radical (unpaired) electrons. The summed E-state index contributed by atoms with van der Waals surface area (Å²) in [6, 6.07) is 4.83. The smallest absolute Gasteiger partial charge is 0.243 e. The number of benzene rings is 1. The maximum Gasteiger partial charge on any atom is 0.243 e. The normalized spacial score (nSPS) is 11.8. The van der Waals surface area contributed by atoms with Crippen molar-refractivity contribution < 1.29 is 13.2 Å². The predicted octanol–water partition coefficient (Wildman–Crippen LogP) is 1.96. The summed E-state index contributed by atoms with van der Waals surface area (Å²) in [6.45, 7) is 5.14. The summed E-state index contributed by atoms with van der Waals surface area (Å²) in [6.07, 6.45) is 1.82. The van der Waals surface area contributed by atoms with Crippen LogP contribution < -0.4 is 10.5 Å². The van der Waals surface area contributed by atoms with Crippen LogP contribution in [0.25, 0.3) is 0 Å². The Morgan fingerprint density at radius 1 is 1.30 bits per heavy atom. The fourth-order valence-electron chi connectivity index (χ4n) is 2.01. The SMILES string of the molecule is CCCCN(CC)S(=O)(=O)c1ccc(OC)c(CN)c1. The molecule has 1 rings (SSSR count). The maximum absolute atomic E-state index is 12.6. The Balaban J connectivity index is 3.13. The molecule has 1 aromatic rings. The van der Waals surface area contributed by atoms with Crippen LogP contribution >= 0.6 is 0 Å². The van der Waals surface area contributed by atoms with Crippen molar-refractivity contribution in [3.8, 4) is 5.75 Å². The fourth-order valence-corrected chi connectivity index (χ4v) is 3.55. The van der Waals surface area contributed by atoms with Gasteiger partial charge in [0.25, 0.3) is 0 Å². The third-order valence-corrected chi connectivity index (χ3v) is 5.19. The summed E-state index contributed by atoms with van der Waals surface area (Å²) < 4.78 is 31.8. The summed E-state index contributed by atoms with van der Waals surface area (Å²) in [4.78, 5) is 0.275. The zero-order chi connectivity index (χ0) is 15.2.